The topological polar surface area (TPSA) is 29.5 Å². The molecule has 0 atom stereocenters. The molecule has 1 N–H and O–H groups in total. The first-order valence-corrected chi connectivity index (χ1v) is 3.63. The molecule has 0 heterocycles. The predicted molar refractivity (Wildman–Crippen MR) is 43.0 cm³/mol. The van der Waals surface area contributed by atoms with Gasteiger partial charge in [0.2, 0.25) is 0 Å². The first kappa shape index (κ1) is 9.72. The van der Waals surface area contributed by atoms with Crippen LogP contribution >= 0.6 is 0 Å². The molecule has 0 aromatic rings. The zero-order valence-corrected chi connectivity index (χ0v) is 6.68. The molecule has 0 aromatic carbocycles. The highest BCUT2D eigenvalue weighted by molar-refractivity contribution is 4.91. The van der Waals surface area contributed by atoms with E-state index in [9.17, 15) is 0 Å². The second-order valence-corrected chi connectivity index (χ2v) is 1.87. The van der Waals surface area contributed by atoms with Crippen molar-refractivity contribution in [3.63, 3.8) is 0 Å². The van der Waals surface area contributed by atoms with Crippen LogP contribution in [0, 0.1) is 24.1 Å². The van der Waals surface area contributed by atoms with Gasteiger partial charge in [-0.25, -0.2) is 0 Å². The molecule has 0 radical (unpaired) electrons. The predicted octanol–water partition coefficient (Wildman–Crippen LogP) is 1.49. The van der Waals surface area contributed by atoms with E-state index in [0.29, 0.717) is 13.0 Å². The molecule has 60 valence electrons. The first-order valence-electron chi connectivity index (χ1n) is 3.63. The van der Waals surface area contributed by atoms with E-state index in [-0.39, 0.29) is 0 Å². The van der Waals surface area contributed by atoms with Crippen molar-refractivity contribution in [2.24, 2.45) is 0 Å². The van der Waals surface area contributed by atoms with Gasteiger partial charge in [0.05, 0.1) is 0 Å². The summed E-state index contributed by atoms with van der Waals surface area (Å²) in [5, 5.41) is 8.08. The summed E-state index contributed by atoms with van der Waals surface area (Å²) in [5.41, 5.74) is 0. The smallest absolute Gasteiger partial charge is 0.110 e. The molecule has 0 rings (SSSR count). The Morgan fingerprint density at radius 2 is 2.18 bits per heavy atom. The second kappa shape index (κ2) is 8.72. The zero-order valence-electron chi connectivity index (χ0n) is 6.68. The van der Waals surface area contributed by atoms with Gasteiger partial charge in [-0.05, 0) is 6.42 Å². The minimum atomic E-state index is 0.585. The van der Waals surface area contributed by atoms with Gasteiger partial charge in [-0.15, -0.1) is 0 Å². The van der Waals surface area contributed by atoms with Crippen LogP contribution in [0.5, 0.6) is 0 Å². The van der Waals surface area contributed by atoms with E-state index in [0.717, 1.165) is 12.8 Å². The van der Waals surface area contributed by atoms with Crippen molar-refractivity contribution >= 4 is 0 Å². The number of hydrogen-bond acceptors (Lipinski definition) is 2. The molecule has 0 aliphatic rings. The average molecular weight is 152 g/mol. The van der Waals surface area contributed by atoms with E-state index < -0.39 is 0 Å². The van der Waals surface area contributed by atoms with Crippen molar-refractivity contribution in [3.05, 3.63) is 0 Å². The third kappa shape index (κ3) is 8.72. The van der Waals surface area contributed by atoms with Crippen LogP contribution in [0.4, 0.5) is 0 Å². The van der Waals surface area contributed by atoms with E-state index >= 15 is 0 Å². The molecule has 0 spiro atoms. The molecule has 0 aliphatic heterocycles. The number of rotatable bonds is 3. The fourth-order valence-corrected chi connectivity index (χ4v) is 0.463. The van der Waals surface area contributed by atoms with Crippen LogP contribution in [0.3, 0.4) is 0 Å². The maximum absolute atomic E-state index is 8.08. The van der Waals surface area contributed by atoms with Gasteiger partial charge in [-0.1, -0.05) is 18.8 Å². The largest absolute Gasteiger partial charge is 0.462 e. The number of unbranched alkanes of at least 4 members (excludes halogenated alkanes) is 1. The Bertz CT molecular complexity index is 187. The van der Waals surface area contributed by atoms with Crippen LogP contribution in [0.1, 0.15) is 26.2 Å². The van der Waals surface area contributed by atoms with Crippen LogP contribution in [-0.2, 0) is 4.74 Å². The fraction of sp³-hybridized carbons (Fsp3) is 0.556. The number of hydrogen-bond donors (Lipinski definition) is 1. The normalized spacial score (nSPS) is 7.00. The summed E-state index contributed by atoms with van der Waals surface area (Å²) in [4.78, 5) is 0. The molecule has 2 nitrogen and oxygen atoms in total. The molecule has 2 heteroatoms. The van der Waals surface area contributed by atoms with Gasteiger partial charge in [0.25, 0.3) is 0 Å². The summed E-state index contributed by atoms with van der Waals surface area (Å²) in [6.07, 6.45) is 6.66. The van der Waals surface area contributed by atoms with Crippen molar-refractivity contribution in [2.45, 2.75) is 26.2 Å². The Kier molecular flexibility index (Phi) is 7.71. The van der Waals surface area contributed by atoms with Gasteiger partial charge in [0.15, 0.2) is 0 Å². The molecular weight excluding hydrogens is 140 g/mol. The lowest BCUT2D eigenvalue weighted by Crippen LogP contribution is -1.86. The molecule has 0 saturated carbocycles. The minimum absolute atomic E-state index is 0.585. The first-order chi connectivity index (χ1) is 5.41. The van der Waals surface area contributed by atoms with E-state index in [1.54, 1.807) is 0 Å². The van der Waals surface area contributed by atoms with Crippen LogP contribution in [-0.4, -0.2) is 11.7 Å². The van der Waals surface area contributed by atoms with Gasteiger partial charge in [-0.3, -0.25) is 0 Å². The lowest BCUT2D eigenvalue weighted by molar-refractivity contribution is 0.273. The lowest BCUT2D eigenvalue weighted by Gasteiger charge is -1.91. The molecule has 0 aliphatic carbocycles. The molecule has 0 amide bonds. The maximum atomic E-state index is 8.08. The SMILES string of the molecule is CCC#COCCCC#CO. The van der Waals surface area contributed by atoms with Crippen LogP contribution in [0.25, 0.3) is 0 Å². The monoisotopic (exact) mass is 152 g/mol. The van der Waals surface area contributed by atoms with Crippen LogP contribution in [0.2, 0.25) is 0 Å². The van der Waals surface area contributed by atoms with Gasteiger partial charge >= 0.3 is 0 Å². The standard InChI is InChI=1S/C9H12O2/c1-2-3-8-11-9-6-4-5-7-10/h10H,2,4,6,9H2,1H3. The lowest BCUT2D eigenvalue weighted by atomic mass is 10.3. The molecule has 0 aromatic heterocycles. The quantitative estimate of drug-likeness (QED) is 0.490. The van der Waals surface area contributed by atoms with E-state index in [4.69, 9.17) is 9.84 Å². The number of aliphatic hydroxyl groups excluding tert-OH is 1. The Labute approximate surface area is 67.6 Å². The zero-order chi connectivity index (χ0) is 8.36. The second-order valence-electron chi connectivity index (χ2n) is 1.87. The molecule has 0 saturated heterocycles. The highest BCUT2D eigenvalue weighted by atomic mass is 16.5. The van der Waals surface area contributed by atoms with Crippen LogP contribution < -0.4 is 0 Å². The maximum Gasteiger partial charge on any atom is 0.110 e. The Balaban J connectivity index is 3.06. The molecular formula is C9H12O2. The summed E-state index contributed by atoms with van der Waals surface area (Å²) in [5.74, 6) is 5.30. The summed E-state index contributed by atoms with van der Waals surface area (Å²) >= 11 is 0. The van der Waals surface area contributed by atoms with Crippen molar-refractivity contribution in [1.82, 2.24) is 0 Å². The molecule has 0 bridgehead atoms. The van der Waals surface area contributed by atoms with E-state index in [1.807, 2.05) is 13.0 Å². The number of ether oxygens (including phenoxy) is 1. The molecule has 0 unspecified atom stereocenters. The third-order valence-corrected chi connectivity index (χ3v) is 0.948. The molecule has 11 heavy (non-hydrogen) atoms. The van der Waals surface area contributed by atoms with Crippen molar-refractivity contribution in [1.29, 1.82) is 0 Å². The fourth-order valence-electron chi connectivity index (χ4n) is 0.463. The molecule has 0 fully saturated rings. The van der Waals surface area contributed by atoms with Gasteiger partial charge in [0, 0.05) is 12.8 Å². The van der Waals surface area contributed by atoms with Gasteiger partial charge in [0.1, 0.15) is 18.8 Å². The van der Waals surface area contributed by atoms with Crippen molar-refractivity contribution in [2.75, 3.05) is 6.61 Å². The Morgan fingerprint density at radius 1 is 1.36 bits per heavy atom. The minimum Gasteiger partial charge on any atom is -0.462 e. The Morgan fingerprint density at radius 3 is 2.82 bits per heavy atom. The Hall–Kier alpha value is -1.28. The van der Waals surface area contributed by atoms with E-state index in [1.165, 1.54) is 0 Å². The highest BCUT2D eigenvalue weighted by Gasteiger charge is 1.81. The summed E-state index contributed by atoms with van der Waals surface area (Å²) in [6, 6.07) is 0. The van der Waals surface area contributed by atoms with Crippen molar-refractivity contribution in [3.8, 4) is 24.1 Å². The van der Waals surface area contributed by atoms with Gasteiger partial charge < -0.3 is 9.84 Å². The van der Waals surface area contributed by atoms with Crippen molar-refractivity contribution < 1.29 is 9.84 Å². The highest BCUT2D eigenvalue weighted by Crippen LogP contribution is 1.86. The summed E-state index contributed by atoms with van der Waals surface area (Å²) in [7, 11) is 0. The summed E-state index contributed by atoms with van der Waals surface area (Å²) < 4.78 is 4.91. The van der Waals surface area contributed by atoms with E-state index in [2.05, 4.69) is 17.9 Å². The number of aliphatic hydroxyl groups is 1. The third-order valence-electron chi connectivity index (χ3n) is 0.948. The van der Waals surface area contributed by atoms with Crippen LogP contribution in [0.15, 0.2) is 0 Å². The average Bonchev–Trinajstić information content (AvgIpc) is 2.03. The summed E-state index contributed by atoms with van der Waals surface area (Å²) in [6.45, 7) is 2.55. The van der Waals surface area contributed by atoms with Gasteiger partial charge in [-0.2, -0.15) is 0 Å².